The first kappa shape index (κ1) is 17.2. The molecule has 3 aromatic rings. The molecule has 2 aliphatic rings. The van der Waals surface area contributed by atoms with Crippen LogP contribution in [-0.4, -0.2) is 16.0 Å². The van der Waals surface area contributed by atoms with Crippen LogP contribution in [0.1, 0.15) is 66.8 Å². The van der Waals surface area contributed by atoms with Gasteiger partial charge in [0.2, 0.25) is 0 Å². The van der Waals surface area contributed by atoms with E-state index < -0.39 is 0 Å². The minimum Gasteiger partial charge on any atom is -0.367 e. The van der Waals surface area contributed by atoms with Gasteiger partial charge in [-0.2, -0.15) is 0 Å². The van der Waals surface area contributed by atoms with Crippen molar-refractivity contribution < 1.29 is 0 Å². The van der Waals surface area contributed by atoms with E-state index in [2.05, 4.69) is 35.6 Å². The lowest BCUT2D eigenvalue weighted by atomic mass is 9.94. The monoisotopic (exact) mass is 377 g/mol. The van der Waals surface area contributed by atoms with Crippen molar-refractivity contribution in [2.75, 3.05) is 5.32 Å². The molecule has 0 amide bonds. The van der Waals surface area contributed by atoms with Gasteiger partial charge in [0.1, 0.15) is 16.5 Å². The first-order valence-corrected chi connectivity index (χ1v) is 11.3. The quantitative estimate of drug-likeness (QED) is 0.614. The van der Waals surface area contributed by atoms with Crippen LogP contribution < -0.4 is 5.32 Å². The molecular weight excluding hydrogens is 350 g/mol. The van der Waals surface area contributed by atoms with Crippen molar-refractivity contribution in [3.05, 3.63) is 52.2 Å². The minimum absolute atomic E-state index is 0.570. The van der Waals surface area contributed by atoms with Crippen LogP contribution in [0.2, 0.25) is 0 Å². The fourth-order valence-corrected chi connectivity index (χ4v) is 5.88. The van der Waals surface area contributed by atoms with Gasteiger partial charge >= 0.3 is 0 Å². The Balaban J connectivity index is 1.56. The van der Waals surface area contributed by atoms with Crippen molar-refractivity contribution in [2.45, 2.75) is 70.3 Å². The predicted molar refractivity (Wildman–Crippen MR) is 114 cm³/mol. The zero-order valence-electron chi connectivity index (χ0n) is 15.8. The van der Waals surface area contributed by atoms with Gasteiger partial charge in [0.25, 0.3) is 0 Å². The molecule has 27 heavy (non-hydrogen) atoms. The van der Waals surface area contributed by atoms with Gasteiger partial charge in [-0.1, -0.05) is 49.6 Å². The fraction of sp³-hybridized carbons (Fsp3) is 0.478. The number of nitrogens with one attached hydrogen (secondary N) is 1. The topological polar surface area (TPSA) is 37.8 Å². The van der Waals surface area contributed by atoms with Crippen LogP contribution in [-0.2, 0) is 19.3 Å². The maximum Gasteiger partial charge on any atom is 0.139 e. The Labute approximate surface area is 165 Å². The summed E-state index contributed by atoms with van der Waals surface area (Å²) < 4.78 is 0. The number of benzene rings is 1. The van der Waals surface area contributed by atoms with E-state index in [-0.39, 0.29) is 0 Å². The lowest BCUT2D eigenvalue weighted by Crippen LogP contribution is -2.23. The van der Waals surface area contributed by atoms with E-state index in [1.54, 1.807) is 4.88 Å². The smallest absolute Gasteiger partial charge is 0.139 e. The van der Waals surface area contributed by atoms with Crippen molar-refractivity contribution >= 4 is 27.4 Å². The maximum absolute atomic E-state index is 5.06. The Hall–Kier alpha value is -1.94. The van der Waals surface area contributed by atoms with E-state index in [1.165, 1.54) is 79.1 Å². The zero-order valence-corrected chi connectivity index (χ0v) is 16.7. The van der Waals surface area contributed by atoms with Crippen molar-refractivity contribution in [3.63, 3.8) is 0 Å². The summed E-state index contributed by atoms with van der Waals surface area (Å²) in [6.07, 6.45) is 12.4. The number of thiophene rings is 1. The van der Waals surface area contributed by atoms with E-state index in [1.807, 2.05) is 11.3 Å². The van der Waals surface area contributed by atoms with Gasteiger partial charge in [0.15, 0.2) is 0 Å². The SMILES string of the molecule is c1ccc(Cc2nc(NC3CCCCC3)c3c4c(sc3n2)CCCC4)cc1. The Bertz CT molecular complexity index is 926. The van der Waals surface area contributed by atoms with Gasteiger partial charge in [0.05, 0.1) is 5.39 Å². The minimum atomic E-state index is 0.570. The summed E-state index contributed by atoms with van der Waals surface area (Å²) in [5.41, 5.74) is 2.81. The largest absolute Gasteiger partial charge is 0.367 e. The van der Waals surface area contributed by atoms with E-state index >= 15 is 0 Å². The third-order valence-electron chi connectivity index (χ3n) is 6.01. The van der Waals surface area contributed by atoms with Gasteiger partial charge in [-0.15, -0.1) is 11.3 Å². The average molecular weight is 378 g/mol. The molecular formula is C23H27N3S. The first-order chi connectivity index (χ1) is 13.4. The third-order valence-corrected chi connectivity index (χ3v) is 7.20. The summed E-state index contributed by atoms with van der Waals surface area (Å²) in [6.45, 7) is 0. The molecule has 0 bridgehead atoms. The third kappa shape index (κ3) is 3.60. The van der Waals surface area contributed by atoms with Gasteiger partial charge in [-0.3, -0.25) is 0 Å². The number of fused-ring (bicyclic) bond motifs is 3. The van der Waals surface area contributed by atoms with Gasteiger partial charge in [-0.25, -0.2) is 9.97 Å². The second-order valence-corrected chi connectivity index (χ2v) is 9.10. The highest BCUT2D eigenvalue weighted by Gasteiger charge is 2.23. The van der Waals surface area contributed by atoms with Crippen LogP contribution in [0.5, 0.6) is 0 Å². The second kappa shape index (κ2) is 7.59. The highest BCUT2D eigenvalue weighted by Crippen LogP contribution is 2.39. The highest BCUT2D eigenvalue weighted by atomic mass is 32.1. The molecule has 1 fully saturated rings. The molecule has 0 spiro atoms. The van der Waals surface area contributed by atoms with Crippen molar-refractivity contribution in [2.24, 2.45) is 0 Å². The van der Waals surface area contributed by atoms with Crippen LogP contribution in [0.3, 0.4) is 0 Å². The summed E-state index contributed by atoms with van der Waals surface area (Å²) in [5.74, 6) is 2.06. The zero-order chi connectivity index (χ0) is 18.1. The van der Waals surface area contributed by atoms with Gasteiger partial charge in [-0.05, 0) is 49.7 Å². The van der Waals surface area contributed by atoms with Gasteiger partial charge < -0.3 is 5.32 Å². The summed E-state index contributed by atoms with van der Waals surface area (Å²) in [7, 11) is 0. The molecule has 0 atom stereocenters. The molecule has 1 saturated carbocycles. The van der Waals surface area contributed by atoms with Crippen molar-refractivity contribution in [1.82, 2.24) is 9.97 Å². The van der Waals surface area contributed by atoms with E-state index in [0.717, 1.165) is 18.1 Å². The predicted octanol–water partition coefficient (Wildman–Crippen LogP) is 5.91. The number of anilines is 1. The molecule has 2 aliphatic carbocycles. The van der Waals surface area contributed by atoms with Crippen LogP contribution >= 0.6 is 11.3 Å². The average Bonchev–Trinajstić information content (AvgIpc) is 3.08. The molecule has 0 saturated heterocycles. The number of nitrogens with zero attached hydrogens (tertiary/aromatic N) is 2. The van der Waals surface area contributed by atoms with Crippen LogP contribution in [0.25, 0.3) is 10.2 Å². The lowest BCUT2D eigenvalue weighted by Gasteiger charge is -2.24. The number of hydrogen-bond acceptors (Lipinski definition) is 4. The molecule has 0 unspecified atom stereocenters. The molecule has 4 heteroatoms. The van der Waals surface area contributed by atoms with E-state index in [4.69, 9.17) is 9.97 Å². The lowest BCUT2D eigenvalue weighted by molar-refractivity contribution is 0.462. The van der Waals surface area contributed by atoms with Crippen molar-refractivity contribution in [3.8, 4) is 0 Å². The molecule has 3 nitrogen and oxygen atoms in total. The summed E-state index contributed by atoms with van der Waals surface area (Å²) >= 11 is 1.91. The Morgan fingerprint density at radius 3 is 2.59 bits per heavy atom. The highest BCUT2D eigenvalue weighted by molar-refractivity contribution is 7.19. The molecule has 2 heterocycles. The Morgan fingerprint density at radius 1 is 0.926 bits per heavy atom. The van der Waals surface area contributed by atoms with Crippen LogP contribution in [0.15, 0.2) is 30.3 Å². The normalized spacial score (nSPS) is 17.8. The Kier molecular flexibility index (Phi) is 4.83. The van der Waals surface area contributed by atoms with E-state index in [9.17, 15) is 0 Å². The second-order valence-electron chi connectivity index (χ2n) is 8.02. The molecule has 0 radical (unpaired) electrons. The summed E-state index contributed by atoms with van der Waals surface area (Å²) in [5, 5.41) is 5.17. The molecule has 140 valence electrons. The fourth-order valence-electron chi connectivity index (χ4n) is 4.60. The molecule has 5 rings (SSSR count). The summed E-state index contributed by atoms with van der Waals surface area (Å²) in [6, 6.07) is 11.2. The summed E-state index contributed by atoms with van der Waals surface area (Å²) in [4.78, 5) is 12.8. The van der Waals surface area contributed by atoms with Crippen molar-refractivity contribution in [1.29, 1.82) is 0 Å². The van der Waals surface area contributed by atoms with E-state index in [0.29, 0.717) is 6.04 Å². The van der Waals surface area contributed by atoms with Crippen LogP contribution in [0.4, 0.5) is 5.82 Å². The molecule has 1 N–H and O–H groups in total. The standard InChI is InChI=1S/C23H27N3S/c1-3-9-16(10-4-1)15-20-25-22(24-17-11-5-2-6-12-17)21-18-13-7-8-14-19(18)27-23(21)26-20/h1,3-4,9-10,17H,2,5-8,11-15H2,(H,24,25,26). The molecule has 0 aliphatic heterocycles. The number of aromatic nitrogens is 2. The van der Waals surface area contributed by atoms with Crippen LogP contribution in [0, 0.1) is 0 Å². The number of rotatable bonds is 4. The first-order valence-electron chi connectivity index (χ1n) is 10.5. The maximum atomic E-state index is 5.06. The number of hydrogen-bond donors (Lipinski definition) is 1. The number of aryl methyl sites for hydroxylation is 2. The molecule has 1 aromatic carbocycles. The molecule has 2 aromatic heterocycles. The van der Waals surface area contributed by atoms with Gasteiger partial charge in [0, 0.05) is 17.3 Å². The Morgan fingerprint density at radius 2 is 1.74 bits per heavy atom.